The second-order valence-corrected chi connectivity index (χ2v) is 25.8. The number of nitrogens with one attached hydrogen (secondary N) is 4. The second kappa shape index (κ2) is 25.6. The Balaban J connectivity index is 0.000000202. The van der Waals surface area contributed by atoms with Crippen LogP contribution >= 0.6 is 23.2 Å². The molecule has 16 nitrogen and oxygen atoms in total. The number of alkyl halides is 2. The molecular formula is C60H66Cl2F4N12O4S2. The van der Waals surface area contributed by atoms with Crippen LogP contribution in [-0.2, 0) is 20.0 Å². The number of rotatable bonds is 18. The topological polar surface area (TPSA) is 230 Å². The predicted molar refractivity (Wildman–Crippen MR) is 328 cm³/mol. The molecule has 2 aliphatic carbocycles. The van der Waals surface area contributed by atoms with Crippen molar-refractivity contribution in [3.63, 3.8) is 0 Å². The highest BCUT2D eigenvalue weighted by molar-refractivity contribution is 7.93. The third-order valence-corrected chi connectivity index (χ3v) is 18.5. The van der Waals surface area contributed by atoms with E-state index in [1.165, 1.54) is 60.7 Å². The number of hydrogen-bond donors (Lipinski definition) is 6. The lowest BCUT2D eigenvalue weighted by Crippen LogP contribution is -2.38. The maximum absolute atomic E-state index is 15.4. The molecule has 0 radical (unpaired) electrons. The lowest BCUT2D eigenvalue weighted by atomic mass is 9.90. The molecule has 0 bridgehead atoms. The Labute approximate surface area is 496 Å². The molecule has 24 heteroatoms. The summed E-state index contributed by atoms with van der Waals surface area (Å²) in [5, 5.41) is 17.6. The normalized spacial score (nSPS) is 16.5. The average Bonchev–Trinajstić information content (AvgIpc) is 2.46. The molecule has 0 aliphatic heterocycles. The molecule has 0 fully saturated rings. The summed E-state index contributed by atoms with van der Waals surface area (Å²) in [5.74, 6) is -1.05. The molecule has 4 unspecified atom stereocenters. The predicted octanol–water partition coefficient (Wildman–Crippen LogP) is 13.5. The molecule has 0 saturated carbocycles. The van der Waals surface area contributed by atoms with Crippen LogP contribution < -0.4 is 31.5 Å². The maximum atomic E-state index is 15.4. The van der Waals surface area contributed by atoms with E-state index in [0.717, 1.165) is 71.8 Å². The van der Waals surface area contributed by atoms with E-state index in [0.29, 0.717) is 33.3 Å². The fourth-order valence-corrected chi connectivity index (χ4v) is 13.8. The molecule has 8 aromatic rings. The van der Waals surface area contributed by atoms with Crippen molar-refractivity contribution in [3.05, 3.63) is 142 Å². The number of nitrogens with zero attached hydrogens (tertiary/aromatic N) is 6. The van der Waals surface area contributed by atoms with Gasteiger partial charge in [-0.2, -0.15) is 10.2 Å². The second-order valence-electron chi connectivity index (χ2n) is 21.6. The van der Waals surface area contributed by atoms with Gasteiger partial charge in [0.25, 0.3) is 20.0 Å². The number of allylic oxidation sites excluding steroid dienone is 2. The summed E-state index contributed by atoms with van der Waals surface area (Å²) in [7, 11) is -8.25. The number of nitrogens with two attached hydrogens (primary N) is 2. The lowest BCUT2D eigenvalue weighted by molar-refractivity contribution is 0.347. The minimum absolute atomic E-state index is 0.0284. The largest absolute Gasteiger partial charge is 0.383 e. The fraction of sp³-hybridized carbons (Fsp3) is 0.333. The van der Waals surface area contributed by atoms with Crippen LogP contribution in [0.3, 0.4) is 0 Å². The first kappa shape index (κ1) is 61.5. The van der Waals surface area contributed by atoms with Crippen molar-refractivity contribution in [3.8, 4) is 22.5 Å². The van der Waals surface area contributed by atoms with Crippen molar-refractivity contribution in [2.24, 2.45) is 0 Å². The van der Waals surface area contributed by atoms with Crippen LogP contribution in [0.25, 0.3) is 55.5 Å². The molecule has 0 spiro atoms. The van der Waals surface area contributed by atoms with Crippen LogP contribution in [-0.4, -0.2) is 83.9 Å². The van der Waals surface area contributed by atoms with E-state index >= 15 is 8.78 Å². The van der Waals surface area contributed by atoms with Gasteiger partial charge in [0.2, 0.25) is 0 Å². The number of anilines is 4. The van der Waals surface area contributed by atoms with Crippen LogP contribution in [0.5, 0.6) is 0 Å². The zero-order chi connectivity index (χ0) is 60.4. The summed E-state index contributed by atoms with van der Waals surface area (Å²) in [6, 6.07) is 20.1. The Morgan fingerprint density at radius 1 is 0.595 bits per heavy atom. The zero-order valence-corrected chi connectivity index (χ0v) is 50.2. The molecule has 4 aromatic heterocycles. The molecule has 0 saturated heterocycles. The molecule has 4 heterocycles. The molecule has 4 aromatic carbocycles. The van der Waals surface area contributed by atoms with Gasteiger partial charge in [0.15, 0.2) is 0 Å². The first-order valence-corrected chi connectivity index (χ1v) is 31.2. The highest BCUT2D eigenvalue weighted by atomic mass is 35.5. The van der Waals surface area contributed by atoms with E-state index in [2.05, 4.69) is 42.2 Å². The molecule has 4 atom stereocenters. The third kappa shape index (κ3) is 13.1. The van der Waals surface area contributed by atoms with Gasteiger partial charge in [0.1, 0.15) is 57.8 Å². The number of aromatic nitrogens is 6. The number of nitrogen functional groups attached to an aromatic ring is 2. The van der Waals surface area contributed by atoms with Crippen molar-refractivity contribution in [1.29, 1.82) is 0 Å². The molecular weight excluding hydrogens is 1160 g/mol. The SMILES string of the molecule is CC(CF)NC1CC=C(c2cnc(N)c3c(-c4ccc(NS(=O)(=O)c5ccccc5Cl)c(F)c4)nn(C(C)C)c23)CC1.CC(CF)NC1CC=C(c2cnc(N)c3c(-c4ccc(NS(=O)(=O)c5ccccc5Cl)c(F)c4)nn(C(C)C)c23)CC1. The zero-order valence-electron chi connectivity index (χ0n) is 47.1. The van der Waals surface area contributed by atoms with Gasteiger partial charge in [-0.15, -0.1) is 0 Å². The summed E-state index contributed by atoms with van der Waals surface area (Å²) < 4.78 is 117. The minimum atomic E-state index is -4.12. The lowest BCUT2D eigenvalue weighted by Gasteiger charge is -2.26. The fourth-order valence-electron chi connectivity index (χ4n) is 10.6. The highest BCUT2D eigenvalue weighted by Crippen LogP contribution is 2.42. The van der Waals surface area contributed by atoms with Crippen LogP contribution in [0.4, 0.5) is 40.6 Å². The smallest absolute Gasteiger partial charge is 0.263 e. The van der Waals surface area contributed by atoms with Crippen molar-refractivity contribution >= 4 is 99.2 Å². The first-order valence-electron chi connectivity index (χ1n) is 27.5. The maximum Gasteiger partial charge on any atom is 0.263 e. The van der Waals surface area contributed by atoms with Gasteiger partial charge in [0.05, 0.1) is 43.2 Å². The van der Waals surface area contributed by atoms with Crippen LogP contribution in [0.2, 0.25) is 10.0 Å². The Bertz CT molecular complexity index is 3810. The monoisotopic (exact) mass is 1230 g/mol. The quantitative estimate of drug-likeness (QED) is 0.0441. The molecule has 2 aliphatic rings. The first-order chi connectivity index (χ1) is 40.0. The minimum Gasteiger partial charge on any atom is -0.383 e. The molecule has 8 N–H and O–H groups in total. The van der Waals surface area contributed by atoms with Gasteiger partial charge in [-0.1, -0.05) is 71.8 Å². The Morgan fingerprint density at radius 2 is 0.976 bits per heavy atom. The van der Waals surface area contributed by atoms with Gasteiger partial charge < -0.3 is 22.1 Å². The molecule has 444 valence electrons. The summed E-state index contributed by atoms with van der Waals surface area (Å²) in [4.78, 5) is 8.64. The molecule has 0 amide bonds. The van der Waals surface area contributed by atoms with Gasteiger partial charge in [-0.3, -0.25) is 18.8 Å². The summed E-state index contributed by atoms with van der Waals surface area (Å²) >= 11 is 12.1. The van der Waals surface area contributed by atoms with Gasteiger partial charge in [0, 0.05) is 70.9 Å². The van der Waals surface area contributed by atoms with E-state index in [1.54, 1.807) is 36.7 Å². The van der Waals surface area contributed by atoms with Crippen LogP contribution in [0, 0.1) is 11.6 Å². The van der Waals surface area contributed by atoms with E-state index in [-0.39, 0.29) is 79.1 Å². The van der Waals surface area contributed by atoms with Crippen LogP contribution in [0.15, 0.2) is 119 Å². The number of benzene rings is 4. The number of fused-ring (bicyclic) bond motifs is 2. The summed E-state index contributed by atoms with van der Waals surface area (Å²) in [6.45, 7) is 10.8. The highest BCUT2D eigenvalue weighted by Gasteiger charge is 2.29. The Kier molecular flexibility index (Phi) is 18.8. The third-order valence-electron chi connectivity index (χ3n) is 14.7. The van der Waals surface area contributed by atoms with E-state index < -0.39 is 45.0 Å². The number of sulfonamides is 2. The van der Waals surface area contributed by atoms with E-state index in [1.807, 2.05) is 50.9 Å². The molecule has 84 heavy (non-hydrogen) atoms. The van der Waals surface area contributed by atoms with Crippen molar-refractivity contribution in [2.45, 2.75) is 126 Å². The average molecular weight is 1230 g/mol. The number of pyridine rings is 2. The van der Waals surface area contributed by atoms with Crippen molar-refractivity contribution in [2.75, 3.05) is 34.3 Å². The summed E-state index contributed by atoms with van der Waals surface area (Å²) in [6.07, 6.45) is 12.5. The van der Waals surface area contributed by atoms with E-state index in [9.17, 15) is 25.6 Å². The summed E-state index contributed by atoms with van der Waals surface area (Å²) in [5.41, 5.74) is 19.7. The number of halogens is 6. The Morgan fingerprint density at radius 3 is 1.30 bits per heavy atom. The van der Waals surface area contributed by atoms with E-state index in [4.69, 9.17) is 44.9 Å². The number of hydrogen-bond acceptors (Lipinski definition) is 12. The Hall–Kier alpha value is -7.08. The standard InChI is InChI=1S/2C30H33ClF2N6O2S/c2*1-17(2)39-29-22(19-8-11-21(12-9-19)36-18(3)15-32)16-35-30(34)27(29)28(37-39)20-10-13-25(24(33)14-20)38-42(40,41)26-7-5-4-6-23(26)31/h2*4-8,10,13-14,16-18,21,36,38H,9,11-12,15H2,1-3H3,(H2,34,35). The van der Waals surface area contributed by atoms with Gasteiger partial charge in [-0.25, -0.2) is 44.4 Å². The van der Waals surface area contributed by atoms with Crippen molar-refractivity contribution < 1.29 is 34.4 Å². The van der Waals surface area contributed by atoms with Gasteiger partial charge >= 0.3 is 0 Å². The van der Waals surface area contributed by atoms with Crippen molar-refractivity contribution in [1.82, 2.24) is 40.2 Å². The molecule has 10 rings (SSSR count). The van der Waals surface area contributed by atoms with Crippen LogP contribution in [0.1, 0.15) is 103 Å². The van der Waals surface area contributed by atoms with Gasteiger partial charge in [-0.05, 0) is 140 Å².